The summed E-state index contributed by atoms with van der Waals surface area (Å²) in [6.45, 7) is 2.12. The second-order valence-electron chi connectivity index (χ2n) is 4.57. The normalized spacial score (nSPS) is 13.1. The van der Waals surface area contributed by atoms with Crippen molar-refractivity contribution in [2.24, 2.45) is 10.2 Å². The highest BCUT2D eigenvalue weighted by molar-refractivity contribution is 8.00. The summed E-state index contributed by atoms with van der Waals surface area (Å²) < 4.78 is 54.8. The van der Waals surface area contributed by atoms with Crippen LogP contribution in [0, 0.1) is 5.82 Å². The van der Waals surface area contributed by atoms with E-state index in [1.807, 2.05) is 0 Å². The van der Waals surface area contributed by atoms with E-state index in [2.05, 4.69) is 10.2 Å². The molecule has 5 nitrogen and oxygen atoms in total. The Hall–Kier alpha value is -1.68. The molecule has 0 amide bonds. The van der Waals surface area contributed by atoms with E-state index in [-0.39, 0.29) is 16.5 Å². The van der Waals surface area contributed by atoms with Crippen molar-refractivity contribution in [3.05, 3.63) is 23.0 Å². The predicted octanol–water partition coefficient (Wildman–Crippen LogP) is 4.74. The van der Waals surface area contributed by atoms with E-state index in [9.17, 15) is 27.2 Å². The zero-order valence-corrected chi connectivity index (χ0v) is 14.6. The van der Waals surface area contributed by atoms with E-state index in [0.29, 0.717) is 0 Å². The number of ketones is 1. The van der Waals surface area contributed by atoms with Crippen LogP contribution in [0.1, 0.15) is 13.8 Å². The minimum absolute atomic E-state index is 0.0102. The number of rotatable bonds is 7. The third-order valence-corrected chi connectivity index (χ3v) is 4.20. The number of halogens is 5. The van der Waals surface area contributed by atoms with Gasteiger partial charge in [0.05, 0.1) is 11.6 Å². The van der Waals surface area contributed by atoms with Crippen LogP contribution in [0.5, 0.6) is 0 Å². The molecule has 0 heterocycles. The first-order chi connectivity index (χ1) is 11.6. The zero-order valence-electron chi connectivity index (χ0n) is 13.1. The minimum Gasteiger partial charge on any atom is -0.465 e. The number of thioether (sulfide) groups is 1. The summed E-state index contributed by atoms with van der Waals surface area (Å²) in [5.74, 6) is -3.54. The van der Waals surface area contributed by atoms with Gasteiger partial charge in [-0.05, 0) is 26.0 Å². The van der Waals surface area contributed by atoms with Crippen molar-refractivity contribution in [2.75, 3.05) is 13.2 Å². The molecule has 0 aromatic heterocycles. The number of esters is 1. The summed E-state index contributed by atoms with van der Waals surface area (Å²) in [4.78, 5) is 22.6. The summed E-state index contributed by atoms with van der Waals surface area (Å²) in [6, 6.07) is 2.02. The summed E-state index contributed by atoms with van der Waals surface area (Å²) >= 11 is 6.85. The number of azo groups is 1. The maximum Gasteiger partial charge on any atom is 0.452 e. The Kier molecular flexibility index (Phi) is 7.81. The molecule has 0 fully saturated rings. The van der Waals surface area contributed by atoms with Crippen molar-refractivity contribution < 1.29 is 31.9 Å². The lowest BCUT2D eigenvalue weighted by Gasteiger charge is -2.12. The van der Waals surface area contributed by atoms with Gasteiger partial charge in [0.1, 0.15) is 17.5 Å². The van der Waals surface area contributed by atoms with Crippen LogP contribution in [-0.4, -0.2) is 36.3 Å². The van der Waals surface area contributed by atoms with Crippen LogP contribution < -0.4 is 0 Å². The largest absolute Gasteiger partial charge is 0.465 e. The molecule has 1 rings (SSSR count). The van der Waals surface area contributed by atoms with Crippen LogP contribution in [0.3, 0.4) is 0 Å². The number of ether oxygens (including phenoxy) is 1. The standard InChI is InChI=1S/C14H13ClF4N2O3S/c1-3-24-13(23)7(2)25-11-5-10(9(16)4-8(11)15)21-20-6-12(22)14(17,18)19/h4-5,7H,3,6H2,1-2H3. The fourth-order valence-electron chi connectivity index (χ4n) is 1.45. The Labute approximate surface area is 149 Å². The van der Waals surface area contributed by atoms with Gasteiger partial charge in [-0.1, -0.05) is 11.6 Å². The van der Waals surface area contributed by atoms with Gasteiger partial charge in [-0.3, -0.25) is 9.59 Å². The van der Waals surface area contributed by atoms with Gasteiger partial charge in [-0.2, -0.15) is 23.4 Å². The van der Waals surface area contributed by atoms with Gasteiger partial charge in [0, 0.05) is 4.90 Å². The second-order valence-corrected chi connectivity index (χ2v) is 6.36. The SMILES string of the molecule is CCOC(=O)C(C)Sc1cc(N=NCC(=O)C(F)(F)F)c(F)cc1Cl. The minimum atomic E-state index is -5.03. The van der Waals surface area contributed by atoms with E-state index in [4.69, 9.17) is 16.3 Å². The Morgan fingerprint density at radius 2 is 2.00 bits per heavy atom. The topological polar surface area (TPSA) is 68.1 Å². The molecular weight excluding hydrogens is 388 g/mol. The van der Waals surface area contributed by atoms with Crippen molar-refractivity contribution in [1.82, 2.24) is 0 Å². The number of Topliss-reactive ketones (excluding diaryl/α,β-unsaturated/α-hetero) is 1. The van der Waals surface area contributed by atoms with E-state index in [0.717, 1.165) is 23.9 Å². The molecule has 11 heteroatoms. The number of benzene rings is 1. The monoisotopic (exact) mass is 400 g/mol. The lowest BCUT2D eigenvalue weighted by atomic mass is 10.3. The van der Waals surface area contributed by atoms with Gasteiger partial charge in [0.2, 0.25) is 0 Å². The van der Waals surface area contributed by atoms with Crippen LogP contribution in [0.15, 0.2) is 27.3 Å². The van der Waals surface area contributed by atoms with E-state index >= 15 is 0 Å². The molecule has 0 saturated carbocycles. The lowest BCUT2D eigenvalue weighted by molar-refractivity contribution is -0.169. The Balaban J connectivity index is 2.92. The molecule has 25 heavy (non-hydrogen) atoms. The molecule has 0 saturated heterocycles. The molecule has 0 aliphatic rings. The number of hydrogen-bond acceptors (Lipinski definition) is 6. The Morgan fingerprint density at radius 1 is 1.36 bits per heavy atom. The lowest BCUT2D eigenvalue weighted by Crippen LogP contribution is -2.24. The highest BCUT2D eigenvalue weighted by Gasteiger charge is 2.37. The average Bonchev–Trinajstić information content (AvgIpc) is 2.50. The van der Waals surface area contributed by atoms with E-state index in [1.165, 1.54) is 0 Å². The van der Waals surface area contributed by atoms with Gasteiger partial charge in [-0.15, -0.1) is 11.8 Å². The number of carbonyl (C=O) groups is 2. The molecule has 0 radical (unpaired) electrons. The maximum atomic E-state index is 13.8. The molecule has 1 aromatic rings. The van der Waals surface area contributed by atoms with Crippen molar-refractivity contribution in [1.29, 1.82) is 0 Å². The van der Waals surface area contributed by atoms with Crippen molar-refractivity contribution in [3.63, 3.8) is 0 Å². The Morgan fingerprint density at radius 3 is 2.56 bits per heavy atom. The molecule has 1 atom stereocenters. The third-order valence-electron chi connectivity index (χ3n) is 2.63. The number of carbonyl (C=O) groups excluding carboxylic acids is 2. The first-order valence-corrected chi connectivity index (χ1v) is 8.11. The van der Waals surface area contributed by atoms with Gasteiger partial charge in [0.25, 0.3) is 5.78 Å². The molecule has 0 N–H and O–H groups in total. The number of alkyl halides is 3. The molecule has 138 valence electrons. The molecule has 0 bridgehead atoms. The summed E-state index contributed by atoms with van der Waals surface area (Å²) in [7, 11) is 0. The number of hydrogen-bond donors (Lipinski definition) is 0. The molecule has 0 spiro atoms. The quantitative estimate of drug-likeness (QED) is 0.287. The van der Waals surface area contributed by atoms with Crippen molar-refractivity contribution in [3.8, 4) is 0 Å². The van der Waals surface area contributed by atoms with Crippen LogP contribution >= 0.6 is 23.4 Å². The van der Waals surface area contributed by atoms with Crippen LogP contribution in [0.2, 0.25) is 5.02 Å². The van der Waals surface area contributed by atoms with E-state index in [1.54, 1.807) is 13.8 Å². The van der Waals surface area contributed by atoms with Gasteiger partial charge in [-0.25, -0.2) is 4.39 Å². The smallest absolute Gasteiger partial charge is 0.452 e. The molecular formula is C14H13ClF4N2O3S. The zero-order chi connectivity index (χ0) is 19.2. The highest BCUT2D eigenvalue weighted by Crippen LogP contribution is 2.35. The van der Waals surface area contributed by atoms with Crippen molar-refractivity contribution >= 4 is 40.8 Å². The van der Waals surface area contributed by atoms with Gasteiger partial charge < -0.3 is 4.74 Å². The van der Waals surface area contributed by atoms with Crippen LogP contribution in [0.4, 0.5) is 23.2 Å². The van der Waals surface area contributed by atoms with Crippen LogP contribution in [-0.2, 0) is 14.3 Å². The summed E-state index contributed by atoms with van der Waals surface area (Å²) in [5.41, 5.74) is -0.405. The number of nitrogens with zero attached hydrogens (tertiary/aromatic N) is 2. The molecule has 1 aromatic carbocycles. The highest BCUT2D eigenvalue weighted by atomic mass is 35.5. The molecule has 0 aliphatic carbocycles. The molecule has 0 aliphatic heterocycles. The van der Waals surface area contributed by atoms with Crippen LogP contribution in [0.25, 0.3) is 0 Å². The first-order valence-electron chi connectivity index (χ1n) is 6.86. The molecule has 1 unspecified atom stereocenters. The first kappa shape index (κ1) is 21.4. The maximum absolute atomic E-state index is 13.8. The predicted molar refractivity (Wildman–Crippen MR) is 83.8 cm³/mol. The summed E-state index contributed by atoms with van der Waals surface area (Å²) in [6.07, 6.45) is -5.03. The van der Waals surface area contributed by atoms with Gasteiger partial charge >= 0.3 is 12.1 Å². The second kappa shape index (κ2) is 9.14. The fraction of sp³-hybridized carbons (Fsp3) is 0.429. The Bertz CT molecular complexity index is 683. The summed E-state index contributed by atoms with van der Waals surface area (Å²) in [5, 5.41) is 5.68. The average molecular weight is 401 g/mol. The van der Waals surface area contributed by atoms with Crippen molar-refractivity contribution in [2.45, 2.75) is 30.2 Å². The third kappa shape index (κ3) is 6.62. The van der Waals surface area contributed by atoms with Gasteiger partial charge in [0.15, 0.2) is 5.82 Å². The van der Waals surface area contributed by atoms with E-state index < -0.39 is 41.2 Å². The fourth-order valence-corrected chi connectivity index (χ4v) is 2.63.